The minimum Gasteiger partial charge on any atom is -0.351 e. The summed E-state index contributed by atoms with van der Waals surface area (Å²) in [6, 6.07) is 2.13. The molecule has 0 spiro atoms. The van der Waals surface area contributed by atoms with E-state index in [0.29, 0.717) is 11.5 Å². The number of halogens is 2. The van der Waals surface area contributed by atoms with Crippen molar-refractivity contribution >= 4 is 11.8 Å². The predicted octanol–water partition coefficient (Wildman–Crippen LogP) is 3.04. The van der Waals surface area contributed by atoms with Crippen LogP contribution in [0.4, 0.5) is 8.78 Å². The van der Waals surface area contributed by atoms with Crippen LogP contribution in [0, 0.1) is 17.6 Å². The Kier molecular flexibility index (Phi) is 7.51. The van der Waals surface area contributed by atoms with Crippen LogP contribution in [0.15, 0.2) is 43.0 Å². The molecule has 1 fully saturated rings. The van der Waals surface area contributed by atoms with Crippen LogP contribution < -0.4 is 10.6 Å². The topological polar surface area (TPSA) is 58.2 Å². The number of hydrogen-bond acceptors (Lipinski definition) is 2. The van der Waals surface area contributed by atoms with Crippen molar-refractivity contribution < 1.29 is 18.4 Å². The number of nitrogens with one attached hydrogen (secondary N) is 2. The zero-order valence-corrected chi connectivity index (χ0v) is 14.6. The van der Waals surface area contributed by atoms with Gasteiger partial charge in [0, 0.05) is 19.0 Å². The van der Waals surface area contributed by atoms with Crippen molar-refractivity contribution in [1.82, 2.24) is 10.6 Å². The van der Waals surface area contributed by atoms with Crippen molar-refractivity contribution in [3.05, 3.63) is 60.2 Å². The highest BCUT2D eigenvalue weighted by Gasteiger charge is 2.21. The Bertz CT molecular complexity index is 662. The standard InChI is InChI=1S/C20H24F2N2O2/c1-2-9-23-20(26)18(12-15-10-16(21)13-17(22)11-15)24-19(25)8-7-14-5-3-4-6-14/h2,7-8,10-11,13-14,18H,1,3-6,9,12H2,(H,23,26)(H,24,25)/b8-7+/t18-/m0/s1. The highest BCUT2D eigenvalue weighted by atomic mass is 19.1. The normalized spacial score (nSPS) is 15.8. The summed E-state index contributed by atoms with van der Waals surface area (Å²) in [5.74, 6) is -1.88. The van der Waals surface area contributed by atoms with Gasteiger partial charge in [-0.15, -0.1) is 6.58 Å². The van der Waals surface area contributed by atoms with Crippen LogP contribution in [0.3, 0.4) is 0 Å². The van der Waals surface area contributed by atoms with Gasteiger partial charge in [-0.25, -0.2) is 8.78 Å². The lowest BCUT2D eigenvalue weighted by Crippen LogP contribution is -2.47. The van der Waals surface area contributed by atoms with Crippen molar-refractivity contribution in [3.63, 3.8) is 0 Å². The summed E-state index contributed by atoms with van der Waals surface area (Å²) in [6.45, 7) is 3.76. The fraction of sp³-hybridized carbons (Fsp3) is 0.400. The summed E-state index contributed by atoms with van der Waals surface area (Å²) >= 11 is 0. The molecular formula is C20H24F2N2O2. The molecule has 1 aliphatic rings. The van der Waals surface area contributed by atoms with Gasteiger partial charge >= 0.3 is 0 Å². The van der Waals surface area contributed by atoms with E-state index in [1.165, 1.54) is 12.2 Å². The molecule has 1 aromatic rings. The lowest BCUT2D eigenvalue weighted by atomic mass is 10.0. The summed E-state index contributed by atoms with van der Waals surface area (Å²) in [7, 11) is 0. The Labute approximate surface area is 152 Å². The van der Waals surface area contributed by atoms with Gasteiger partial charge in [-0.3, -0.25) is 9.59 Å². The number of carbonyl (C=O) groups excluding carboxylic acids is 2. The first-order chi connectivity index (χ1) is 12.5. The van der Waals surface area contributed by atoms with Crippen LogP contribution in [0.5, 0.6) is 0 Å². The van der Waals surface area contributed by atoms with E-state index < -0.39 is 29.5 Å². The van der Waals surface area contributed by atoms with E-state index in [9.17, 15) is 18.4 Å². The molecule has 0 bridgehead atoms. The Balaban J connectivity index is 2.05. The lowest BCUT2D eigenvalue weighted by molar-refractivity contribution is -0.126. The number of amides is 2. The number of allylic oxidation sites excluding steroid dienone is 1. The molecule has 0 radical (unpaired) electrons. The van der Waals surface area contributed by atoms with E-state index in [1.807, 2.05) is 6.08 Å². The fourth-order valence-corrected chi connectivity index (χ4v) is 3.06. The smallest absolute Gasteiger partial charge is 0.244 e. The summed E-state index contributed by atoms with van der Waals surface area (Å²) in [5, 5.41) is 5.22. The van der Waals surface area contributed by atoms with Gasteiger partial charge in [0.25, 0.3) is 0 Å². The summed E-state index contributed by atoms with van der Waals surface area (Å²) < 4.78 is 26.8. The highest BCUT2D eigenvalue weighted by molar-refractivity contribution is 5.93. The van der Waals surface area contributed by atoms with Gasteiger partial charge in [0.15, 0.2) is 0 Å². The molecule has 0 heterocycles. The molecule has 2 rings (SSSR count). The Morgan fingerprint density at radius 1 is 1.19 bits per heavy atom. The molecule has 0 saturated heterocycles. The molecule has 140 valence electrons. The van der Waals surface area contributed by atoms with Gasteiger partial charge in [-0.1, -0.05) is 25.0 Å². The van der Waals surface area contributed by atoms with Crippen LogP contribution in [0.2, 0.25) is 0 Å². The third-order valence-corrected chi connectivity index (χ3v) is 4.34. The zero-order chi connectivity index (χ0) is 18.9. The fourth-order valence-electron chi connectivity index (χ4n) is 3.06. The molecule has 1 atom stereocenters. The number of benzene rings is 1. The molecule has 26 heavy (non-hydrogen) atoms. The zero-order valence-electron chi connectivity index (χ0n) is 14.6. The monoisotopic (exact) mass is 362 g/mol. The molecule has 1 aliphatic carbocycles. The number of rotatable bonds is 8. The van der Waals surface area contributed by atoms with E-state index in [-0.39, 0.29) is 13.0 Å². The largest absolute Gasteiger partial charge is 0.351 e. The quantitative estimate of drug-likeness (QED) is 0.552. The highest BCUT2D eigenvalue weighted by Crippen LogP contribution is 2.25. The van der Waals surface area contributed by atoms with Crippen molar-refractivity contribution in [2.24, 2.45) is 5.92 Å². The minimum absolute atomic E-state index is 0.0132. The molecule has 2 N–H and O–H groups in total. The van der Waals surface area contributed by atoms with Gasteiger partial charge in [0.2, 0.25) is 11.8 Å². The second-order valence-electron chi connectivity index (χ2n) is 6.48. The van der Waals surface area contributed by atoms with Crippen LogP contribution >= 0.6 is 0 Å². The van der Waals surface area contributed by atoms with Gasteiger partial charge in [-0.05, 0) is 42.5 Å². The van der Waals surface area contributed by atoms with E-state index in [1.54, 1.807) is 0 Å². The maximum atomic E-state index is 13.4. The van der Waals surface area contributed by atoms with E-state index >= 15 is 0 Å². The second-order valence-corrected chi connectivity index (χ2v) is 6.48. The first-order valence-electron chi connectivity index (χ1n) is 8.80. The van der Waals surface area contributed by atoms with Gasteiger partial charge in [0.1, 0.15) is 17.7 Å². The van der Waals surface area contributed by atoms with E-state index in [0.717, 1.165) is 43.9 Å². The Hall–Kier alpha value is -2.50. The molecule has 1 saturated carbocycles. The van der Waals surface area contributed by atoms with Gasteiger partial charge in [-0.2, -0.15) is 0 Å². The molecule has 6 heteroatoms. The van der Waals surface area contributed by atoms with Crippen LogP contribution in [-0.2, 0) is 16.0 Å². The van der Waals surface area contributed by atoms with Crippen molar-refractivity contribution in [2.45, 2.75) is 38.1 Å². The Morgan fingerprint density at radius 3 is 2.46 bits per heavy atom. The van der Waals surface area contributed by atoms with E-state index in [2.05, 4.69) is 17.2 Å². The van der Waals surface area contributed by atoms with Crippen LogP contribution in [0.1, 0.15) is 31.2 Å². The summed E-state index contributed by atoms with van der Waals surface area (Å²) in [4.78, 5) is 24.5. The lowest BCUT2D eigenvalue weighted by Gasteiger charge is -2.17. The van der Waals surface area contributed by atoms with Crippen molar-refractivity contribution in [2.75, 3.05) is 6.54 Å². The third kappa shape index (κ3) is 6.43. The second kappa shape index (κ2) is 9.85. The van der Waals surface area contributed by atoms with Crippen LogP contribution in [0.25, 0.3) is 0 Å². The van der Waals surface area contributed by atoms with Crippen molar-refractivity contribution in [1.29, 1.82) is 0 Å². The van der Waals surface area contributed by atoms with Crippen LogP contribution in [-0.4, -0.2) is 24.4 Å². The minimum atomic E-state index is -0.933. The van der Waals surface area contributed by atoms with Crippen molar-refractivity contribution in [3.8, 4) is 0 Å². The predicted molar refractivity (Wildman–Crippen MR) is 96.3 cm³/mol. The molecule has 0 aliphatic heterocycles. The summed E-state index contributed by atoms with van der Waals surface area (Å²) in [5.41, 5.74) is 0.293. The SMILES string of the molecule is C=CCNC(=O)[C@H](Cc1cc(F)cc(F)c1)NC(=O)/C=C/C1CCCC1. The van der Waals surface area contributed by atoms with Gasteiger partial charge < -0.3 is 10.6 Å². The van der Waals surface area contributed by atoms with Gasteiger partial charge in [0.05, 0.1) is 0 Å². The number of carbonyl (C=O) groups is 2. The molecule has 4 nitrogen and oxygen atoms in total. The first kappa shape index (κ1) is 19.8. The maximum Gasteiger partial charge on any atom is 0.244 e. The molecule has 0 unspecified atom stereocenters. The molecular weight excluding hydrogens is 338 g/mol. The van der Waals surface area contributed by atoms with E-state index in [4.69, 9.17) is 0 Å². The average molecular weight is 362 g/mol. The molecule has 1 aromatic carbocycles. The number of hydrogen-bond donors (Lipinski definition) is 2. The summed E-state index contributed by atoms with van der Waals surface area (Å²) in [6.07, 6.45) is 9.26. The maximum absolute atomic E-state index is 13.4. The third-order valence-electron chi connectivity index (χ3n) is 4.34. The Morgan fingerprint density at radius 2 is 1.85 bits per heavy atom. The first-order valence-corrected chi connectivity index (χ1v) is 8.80. The average Bonchev–Trinajstić information content (AvgIpc) is 3.10. The molecule has 2 amide bonds. The molecule has 0 aromatic heterocycles.